The van der Waals surface area contributed by atoms with Gasteiger partial charge in [-0.3, -0.25) is 0 Å². The second-order valence-corrected chi connectivity index (χ2v) is 6.65. The van der Waals surface area contributed by atoms with Crippen LogP contribution in [-0.4, -0.2) is 33.3 Å². The van der Waals surface area contributed by atoms with Gasteiger partial charge in [0.15, 0.2) is 0 Å². The highest BCUT2D eigenvalue weighted by Gasteiger charge is 2.23. The van der Waals surface area contributed by atoms with Crippen LogP contribution in [0.25, 0.3) is 0 Å². The van der Waals surface area contributed by atoms with Gasteiger partial charge in [0, 0.05) is 11.1 Å². The lowest BCUT2D eigenvalue weighted by Gasteiger charge is -2.30. The molecule has 1 fully saturated rings. The number of ether oxygens (including phenoxy) is 1. The smallest absolute Gasteiger partial charge is 0.127 e. The summed E-state index contributed by atoms with van der Waals surface area (Å²) in [7, 11) is 1.76. The summed E-state index contributed by atoms with van der Waals surface area (Å²) in [6.45, 7) is 9.37. The Bertz CT molecular complexity index is 633. The van der Waals surface area contributed by atoms with Crippen LogP contribution in [0.2, 0.25) is 0 Å². The number of para-hydroxylation sites is 1. The van der Waals surface area contributed by atoms with E-state index in [1.165, 1.54) is 42.9 Å². The number of nitrogens with one attached hydrogen (secondary N) is 2. The first-order chi connectivity index (χ1) is 11.2. The molecule has 0 spiro atoms. The summed E-state index contributed by atoms with van der Waals surface area (Å²) in [5, 5.41) is 0. The van der Waals surface area contributed by atoms with Crippen LogP contribution >= 0.6 is 0 Å². The highest BCUT2D eigenvalue weighted by molar-refractivity contribution is 5.32. The second kappa shape index (κ2) is 7.62. The summed E-state index contributed by atoms with van der Waals surface area (Å²) in [4.78, 5) is 3.38. The Labute approximate surface area is 139 Å². The molecule has 1 heterocycles. The Morgan fingerprint density at radius 1 is 0.870 bits per heavy atom. The SMILES string of the molecule is COc1ccccc1C[NH+]1CC[NH+](Cc2cccc(C)c2)CC1. The topological polar surface area (TPSA) is 18.1 Å². The van der Waals surface area contributed by atoms with Gasteiger partial charge in [0.05, 0.1) is 7.11 Å². The lowest BCUT2D eigenvalue weighted by Crippen LogP contribution is -3.27. The van der Waals surface area contributed by atoms with E-state index in [0.717, 1.165) is 18.8 Å². The fraction of sp³-hybridized carbons (Fsp3) is 0.400. The van der Waals surface area contributed by atoms with Crippen molar-refractivity contribution < 1.29 is 14.5 Å². The number of quaternary nitrogens is 2. The number of hydrogen-bond donors (Lipinski definition) is 2. The van der Waals surface area contributed by atoms with Gasteiger partial charge in [0.1, 0.15) is 45.0 Å². The zero-order valence-corrected chi connectivity index (χ0v) is 14.3. The summed E-state index contributed by atoms with van der Waals surface area (Å²) in [5.41, 5.74) is 4.16. The predicted molar refractivity (Wildman–Crippen MR) is 93.0 cm³/mol. The van der Waals surface area contributed by atoms with Gasteiger partial charge in [-0.2, -0.15) is 0 Å². The molecule has 0 saturated carbocycles. The molecule has 0 radical (unpaired) electrons. The molecule has 0 aromatic heterocycles. The van der Waals surface area contributed by atoms with Crippen molar-refractivity contribution >= 4 is 0 Å². The van der Waals surface area contributed by atoms with E-state index in [9.17, 15) is 0 Å². The van der Waals surface area contributed by atoms with Crippen LogP contribution in [0.15, 0.2) is 48.5 Å². The largest absolute Gasteiger partial charge is 0.496 e. The normalized spacial score (nSPS) is 21.1. The number of aryl methyl sites for hydroxylation is 1. The maximum atomic E-state index is 5.48. The van der Waals surface area contributed by atoms with E-state index in [2.05, 4.69) is 49.4 Å². The Kier molecular flexibility index (Phi) is 5.31. The molecule has 2 N–H and O–H groups in total. The maximum absolute atomic E-state index is 5.48. The third-order valence-electron chi connectivity index (χ3n) is 4.83. The molecular weight excluding hydrogens is 284 g/mol. The molecule has 0 unspecified atom stereocenters. The Hall–Kier alpha value is -1.84. The molecule has 3 nitrogen and oxygen atoms in total. The molecule has 3 heteroatoms. The first-order valence-corrected chi connectivity index (χ1v) is 8.59. The van der Waals surface area contributed by atoms with Crippen LogP contribution in [0.1, 0.15) is 16.7 Å². The van der Waals surface area contributed by atoms with Gasteiger partial charge in [-0.15, -0.1) is 0 Å². The fourth-order valence-corrected chi connectivity index (χ4v) is 3.54. The van der Waals surface area contributed by atoms with Crippen LogP contribution in [0, 0.1) is 6.92 Å². The number of piperazine rings is 1. The van der Waals surface area contributed by atoms with E-state index in [1.807, 2.05) is 6.07 Å². The maximum Gasteiger partial charge on any atom is 0.127 e. The molecule has 2 aromatic rings. The van der Waals surface area contributed by atoms with Crippen LogP contribution in [0.3, 0.4) is 0 Å². The molecule has 0 atom stereocenters. The Morgan fingerprint density at radius 2 is 1.57 bits per heavy atom. The van der Waals surface area contributed by atoms with Crippen molar-refractivity contribution in [3.8, 4) is 5.75 Å². The van der Waals surface area contributed by atoms with Gasteiger partial charge in [0.25, 0.3) is 0 Å². The van der Waals surface area contributed by atoms with E-state index >= 15 is 0 Å². The van der Waals surface area contributed by atoms with Crippen LogP contribution < -0.4 is 14.5 Å². The van der Waals surface area contributed by atoms with Crippen molar-refractivity contribution in [3.05, 3.63) is 65.2 Å². The van der Waals surface area contributed by atoms with Gasteiger partial charge in [-0.05, 0) is 19.1 Å². The molecule has 1 saturated heterocycles. The molecule has 0 amide bonds. The average molecular weight is 312 g/mol. The zero-order chi connectivity index (χ0) is 16.1. The highest BCUT2D eigenvalue weighted by atomic mass is 16.5. The van der Waals surface area contributed by atoms with Gasteiger partial charge in [0.2, 0.25) is 0 Å². The third kappa shape index (κ3) is 4.34. The minimum absolute atomic E-state index is 1.02. The molecular formula is C20H28N2O+2. The summed E-state index contributed by atoms with van der Waals surface area (Å²) >= 11 is 0. The van der Waals surface area contributed by atoms with E-state index in [0.29, 0.717) is 0 Å². The monoisotopic (exact) mass is 312 g/mol. The quantitative estimate of drug-likeness (QED) is 0.822. The number of rotatable bonds is 5. The second-order valence-electron chi connectivity index (χ2n) is 6.65. The molecule has 2 aromatic carbocycles. The van der Waals surface area contributed by atoms with Crippen molar-refractivity contribution in [1.82, 2.24) is 0 Å². The Morgan fingerprint density at radius 3 is 2.26 bits per heavy atom. The standard InChI is InChI=1S/C20H26N2O/c1-17-6-5-7-18(14-17)15-21-10-12-22(13-11-21)16-19-8-3-4-9-20(19)23-2/h3-9,14H,10-13,15-16H2,1-2H3/p+2. The minimum Gasteiger partial charge on any atom is -0.496 e. The lowest BCUT2D eigenvalue weighted by molar-refractivity contribution is -1.02. The van der Waals surface area contributed by atoms with Crippen LogP contribution in [0.5, 0.6) is 5.75 Å². The van der Waals surface area contributed by atoms with E-state index < -0.39 is 0 Å². The number of methoxy groups -OCH3 is 1. The van der Waals surface area contributed by atoms with Gasteiger partial charge >= 0.3 is 0 Å². The summed E-state index contributed by atoms with van der Waals surface area (Å²) in [5.74, 6) is 1.02. The summed E-state index contributed by atoms with van der Waals surface area (Å²) < 4.78 is 5.48. The molecule has 0 aliphatic carbocycles. The van der Waals surface area contributed by atoms with Gasteiger partial charge in [-0.1, -0.05) is 42.0 Å². The molecule has 23 heavy (non-hydrogen) atoms. The lowest BCUT2D eigenvalue weighted by atomic mass is 10.1. The average Bonchev–Trinajstić information content (AvgIpc) is 2.57. The van der Waals surface area contributed by atoms with Gasteiger partial charge < -0.3 is 14.5 Å². The highest BCUT2D eigenvalue weighted by Crippen LogP contribution is 2.15. The fourth-order valence-electron chi connectivity index (χ4n) is 3.54. The van der Waals surface area contributed by atoms with Crippen molar-refractivity contribution in [2.75, 3.05) is 33.3 Å². The minimum atomic E-state index is 1.02. The van der Waals surface area contributed by atoms with E-state index in [1.54, 1.807) is 16.9 Å². The van der Waals surface area contributed by atoms with Crippen molar-refractivity contribution in [2.24, 2.45) is 0 Å². The number of benzene rings is 2. The summed E-state index contributed by atoms with van der Waals surface area (Å²) in [6, 6.07) is 17.3. The van der Waals surface area contributed by atoms with Crippen molar-refractivity contribution in [3.63, 3.8) is 0 Å². The van der Waals surface area contributed by atoms with E-state index in [-0.39, 0.29) is 0 Å². The molecule has 3 rings (SSSR count). The third-order valence-corrected chi connectivity index (χ3v) is 4.83. The molecule has 1 aliphatic heterocycles. The molecule has 1 aliphatic rings. The predicted octanol–water partition coefficient (Wildman–Crippen LogP) is 0.487. The Balaban J connectivity index is 1.52. The summed E-state index contributed by atoms with van der Waals surface area (Å²) in [6.07, 6.45) is 0. The van der Waals surface area contributed by atoms with Crippen LogP contribution in [0.4, 0.5) is 0 Å². The van der Waals surface area contributed by atoms with Crippen molar-refractivity contribution in [2.45, 2.75) is 20.0 Å². The first-order valence-electron chi connectivity index (χ1n) is 8.59. The van der Waals surface area contributed by atoms with Gasteiger partial charge in [-0.25, -0.2) is 0 Å². The van der Waals surface area contributed by atoms with Crippen molar-refractivity contribution in [1.29, 1.82) is 0 Å². The van der Waals surface area contributed by atoms with E-state index in [4.69, 9.17) is 4.74 Å². The molecule has 122 valence electrons. The molecule has 0 bridgehead atoms. The zero-order valence-electron chi connectivity index (χ0n) is 14.3. The van der Waals surface area contributed by atoms with Crippen LogP contribution in [-0.2, 0) is 13.1 Å². The number of hydrogen-bond acceptors (Lipinski definition) is 1. The first kappa shape index (κ1) is 16.0.